The van der Waals surface area contributed by atoms with Gasteiger partial charge < -0.3 is 19.7 Å². The summed E-state index contributed by atoms with van der Waals surface area (Å²) in [5.74, 6) is -0.534. The second-order valence-corrected chi connectivity index (χ2v) is 5.81. The van der Waals surface area contributed by atoms with E-state index < -0.39 is 5.79 Å². The van der Waals surface area contributed by atoms with Crippen LogP contribution < -0.4 is 5.32 Å². The van der Waals surface area contributed by atoms with Gasteiger partial charge in [-0.3, -0.25) is 0 Å². The van der Waals surface area contributed by atoms with Crippen LogP contribution in [0.2, 0.25) is 0 Å². The van der Waals surface area contributed by atoms with Gasteiger partial charge in [-0.15, -0.1) is 0 Å². The maximum Gasteiger partial charge on any atom is 0.317 e. The average molecular weight is 242 g/mol. The summed E-state index contributed by atoms with van der Waals surface area (Å²) >= 11 is 0. The van der Waals surface area contributed by atoms with Crippen LogP contribution in [0.25, 0.3) is 0 Å². The Balaban J connectivity index is 1.95. The van der Waals surface area contributed by atoms with Gasteiger partial charge in [0.1, 0.15) is 0 Å². The number of piperidine rings is 1. The number of amides is 2. The van der Waals surface area contributed by atoms with Gasteiger partial charge in [-0.2, -0.15) is 0 Å². The lowest BCUT2D eigenvalue weighted by atomic mass is 10.0. The fourth-order valence-corrected chi connectivity index (χ4v) is 2.29. The maximum absolute atomic E-state index is 12.1. The van der Waals surface area contributed by atoms with Gasteiger partial charge in [0.2, 0.25) is 0 Å². The third-order valence-corrected chi connectivity index (χ3v) is 3.00. The molecule has 5 heteroatoms. The molecule has 2 fully saturated rings. The Morgan fingerprint density at radius 3 is 2.53 bits per heavy atom. The predicted molar refractivity (Wildman–Crippen MR) is 63.7 cm³/mol. The van der Waals surface area contributed by atoms with E-state index in [9.17, 15) is 4.79 Å². The molecule has 0 atom stereocenters. The summed E-state index contributed by atoms with van der Waals surface area (Å²) in [5, 5.41) is 2.97. The molecule has 0 aromatic rings. The first kappa shape index (κ1) is 12.6. The number of carbonyl (C=O) groups is 1. The summed E-state index contributed by atoms with van der Waals surface area (Å²) in [6, 6.07) is -0.0318. The van der Waals surface area contributed by atoms with Gasteiger partial charge in [0, 0.05) is 18.5 Å². The first-order valence-corrected chi connectivity index (χ1v) is 6.25. The Kier molecular flexibility index (Phi) is 3.32. The molecule has 98 valence electrons. The minimum atomic E-state index is -0.534. The lowest BCUT2D eigenvalue weighted by Crippen LogP contribution is -2.56. The van der Waals surface area contributed by atoms with Gasteiger partial charge in [0.15, 0.2) is 5.79 Å². The van der Waals surface area contributed by atoms with E-state index in [-0.39, 0.29) is 11.6 Å². The Hall–Kier alpha value is -0.810. The molecule has 1 N–H and O–H groups in total. The van der Waals surface area contributed by atoms with Crippen molar-refractivity contribution in [1.82, 2.24) is 10.2 Å². The van der Waals surface area contributed by atoms with E-state index >= 15 is 0 Å². The molecule has 2 rings (SSSR count). The van der Waals surface area contributed by atoms with Gasteiger partial charge >= 0.3 is 6.03 Å². The number of carbonyl (C=O) groups excluding carboxylic acids is 1. The van der Waals surface area contributed by atoms with Crippen LogP contribution in [0.5, 0.6) is 0 Å². The SMILES string of the molecule is CC(C)(C)NC(=O)N1CCCC2(C1)OCCO2. The molecular weight excluding hydrogens is 220 g/mol. The largest absolute Gasteiger partial charge is 0.346 e. The van der Waals surface area contributed by atoms with Gasteiger partial charge in [0.25, 0.3) is 0 Å². The normalized spacial score (nSPS) is 24.1. The van der Waals surface area contributed by atoms with E-state index in [2.05, 4.69) is 5.32 Å². The van der Waals surface area contributed by atoms with Crippen molar-refractivity contribution in [3.05, 3.63) is 0 Å². The van der Waals surface area contributed by atoms with E-state index in [4.69, 9.17) is 9.47 Å². The molecule has 0 aliphatic carbocycles. The fraction of sp³-hybridized carbons (Fsp3) is 0.917. The summed E-state index contributed by atoms with van der Waals surface area (Å²) in [4.78, 5) is 13.8. The average Bonchev–Trinajstić information content (AvgIpc) is 2.64. The lowest BCUT2D eigenvalue weighted by Gasteiger charge is -2.39. The van der Waals surface area contributed by atoms with Crippen molar-refractivity contribution < 1.29 is 14.3 Å². The van der Waals surface area contributed by atoms with E-state index in [1.807, 2.05) is 20.8 Å². The number of nitrogens with zero attached hydrogens (tertiary/aromatic N) is 1. The molecule has 5 nitrogen and oxygen atoms in total. The van der Waals surface area contributed by atoms with Crippen molar-refractivity contribution in [2.45, 2.75) is 44.9 Å². The molecule has 2 saturated heterocycles. The van der Waals surface area contributed by atoms with E-state index in [1.165, 1.54) is 0 Å². The van der Waals surface area contributed by atoms with Crippen LogP contribution in [0.3, 0.4) is 0 Å². The van der Waals surface area contributed by atoms with Crippen molar-refractivity contribution in [1.29, 1.82) is 0 Å². The van der Waals surface area contributed by atoms with Crippen LogP contribution in [-0.2, 0) is 9.47 Å². The topological polar surface area (TPSA) is 50.8 Å². The number of rotatable bonds is 0. The Labute approximate surface area is 102 Å². The first-order chi connectivity index (χ1) is 7.90. The Bertz CT molecular complexity index is 293. The fourth-order valence-electron chi connectivity index (χ4n) is 2.29. The number of urea groups is 1. The molecule has 2 aliphatic heterocycles. The highest BCUT2D eigenvalue weighted by molar-refractivity contribution is 5.75. The highest BCUT2D eigenvalue weighted by Gasteiger charge is 2.42. The smallest absolute Gasteiger partial charge is 0.317 e. The second kappa shape index (κ2) is 4.46. The summed E-state index contributed by atoms with van der Waals surface area (Å²) in [7, 11) is 0. The molecule has 1 spiro atoms. The quantitative estimate of drug-likeness (QED) is 0.697. The number of hydrogen-bond donors (Lipinski definition) is 1. The van der Waals surface area contributed by atoms with E-state index in [0.29, 0.717) is 19.8 Å². The van der Waals surface area contributed by atoms with Crippen molar-refractivity contribution in [3.63, 3.8) is 0 Å². The number of hydrogen-bond acceptors (Lipinski definition) is 3. The molecule has 0 aromatic heterocycles. The molecule has 2 amide bonds. The zero-order valence-electron chi connectivity index (χ0n) is 10.9. The van der Waals surface area contributed by atoms with Crippen LogP contribution in [-0.4, -0.2) is 48.6 Å². The zero-order valence-corrected chi connectivity index (χ0v) is 10.9. The van der Waals surface area contributed by atoms with Crippen molar-refractivity contribution in [2.24, 2.45) is 0 Å². The van der Waals surface area contributed by atoms with Gasteiger partial charge in [0.05, 0.1) is 19.8 Å². The number of ether oxygens (including phenoxy) is 2. The first-order valence-electron chi connectivity index (χ1n) is 6.25. The highest BCUT2D eigenvalue weighted by Crippen LogP contribution is 2.30. The number of nitrogens with one attached hydrogen (secondary N) is 1. The summed E-state index contributed by atoms with van der Waals surface area (Å²) in [6.07, 6.45) is 1.81. The van der Waals surface area contributed by atoms with Gasteiger partial charge in [-0.05, 0) is 27.2 Å². The van der Waals surface area contributed by atoms with Crippen molar-refractivity contribution in [3.8, 4) is 0 Å². The van der Waals surface area contributed by atoms with Gasteiger partial charge in [-0.25, -0.2) is 4.79 Å². The zero-order chi connectivity index (χ0) is 12.5. The molecule has 0 aromatic carbocycles. The Morgan fingerprint density at radius 2 is 1.94 bits per heavy atom. The third-order valence-electron chi connectivity index (χ3n) is 3.00. The van der Waals surface area contributed by atoms with Gasteiger partial charge in [-0.1, -0.05) is 0 Å². The van der Waals surface area contributed by atoms with E-state index in [0.717, 1.165) is 19.4 Å². The predicted octanol–water partition coefficient (Wildman–Crippen LogP) is 1.33. The highest BCUT2D eigenvalue weighted by atomic mass is 16.7. The molecule has 0 radical (unpaired) electrons. The summed E-state index contributed by atoms with van der Waals surface area (Å²) < 4.78 is 11.3. The van der Waals surface area contributed by atoms with Crippen LogP contribution in [0, 0.1) is 0 Å². The minimum Gasteiger partial charge on any atom is -0.346 e. The second-order valence-electron chi connectivity index (χ2n) is 5.81. The molecule has 0 bridgehead atoms. The van der Waals surface area contributed by atoms with Crippen LogP contribution in [0.15, 0.2) is 0 Å². The molecule has 17 heavy (non-hydrogen) atoms. The molecule has 2 heterocycles. The summed E-state index contributed by atoms with van der Waals surface area (Å²) in [5.41, 5.74) is -0.209. The standard InChI is InChI=1S/C12H22N2O3/c1-11(2,3)13-10(15)14-6-4-5-12(9-14)16-7-8-17-12/h4-9H2,1-3H3,(H,13,15). The maximum atomic E-state index is 12.1. The third kappa shape index (κ3) is 3.10. The van der Waals surface area contributed by atoms with Crippen molar-refractivity contribution >= 4 is 6.03 Å². The molecule has 0 unspecified atom stereocenters. The number of likely N-dealkylation sites (tertiary alicyclic amines) is 1. The van der Waals surface area contributed by atoms with E-state index in [1.54, 1.807) is 4.90 Å². The molecule has 2 aliphatic rings. The minimum absolute atomic E-state index is 0.0318. The monoisotopic (exact) mass is 242 g/mol. The lowest BCUT2D eigenvalue weighted by molar-refractivity contribution is -0.183. The van der Waals surface area contributed by atoms with Crippen LogP contribution >= 0.6 is 0 Å². The van der Waals surface area contributed by atoms with Crippen LogP contribution in [0.4, 0.5) is 4.79 Å². The van der Waals surface area contributed by atoms with Crippen LogP contribution in [0.1, 0.15) is 33.6 Å². The molecular formula is C12H22N2O3. The molecule has 0 saturated carbocycles. The van der Waals surface area contributed by atoms with Crippen molar-refractivity contribution in [2.75, 3.05) is 26.3 Å². The summed E-state index contributed by atoms with van der Waals surface area (Å²) in [6.45, 7) is 8.52. The Morgan fingerprint density at radius 1 is 1.29 bits per heavy atom.